The number of nitrogens with zero attached hydrogens (tertiary/aromatic N) is 1. The Balaban J connectivity index is 1.94. The van der Waals surface area contributed by atoms with Gasteiger partial charge >= 0.3 is 0 Å². The monoisotopic (exact) mass is 376 g/mol. The molecule has 1 N–H and O–H groups in total. The Hall–Kier alpha value is -1.16. The second kappa shape index (κ2) is 7.81. The molecule has 1 aromatic rings. The standard InChI is InChI=1S/C15H24N2O5S2/c1-13-4-3-10-17(12-13)24(20,21)16-9-11-23(18,19)15-7-5-14(22-2)6-8-15/h5-8,13,16H,3-4,9-12H2,1-2H3. The summed E-state index contributed by atoms with van der Waals surface area (Å²) >= 11 is 0. The second-order valence-corrected chi connectivity index (χ2v) is 9.86. The minimum absolute atomic E-state index is 0.147. The molecule has 1 fully saturated rings. The molecule has 0 radical (unpaired) electrons. The van der Waals surface area contributed by atoms with E-state index in [4.69, 9.17) is 4.74 Å². The highest BCUT2D eigenvalue weighted by Gasteiger charge is 2.27. The summed E-state index contributed by atoms with van der Waals surface area (Å²) in [5.74, 6) is 0.592. The van der Waals surface area contributed by atoms with Gasteiger partial charge in [0.2, 0.25) is 0 Å². The van der Waals surface area contributed by atoms with Crippen LogP contribution in [0.25, 0.3) is 0 Å². The minimum Gasteiger partial charge on any atom is -0.497 e. The third-order valence-electron chi connectivity index (χ3n) is 4.03. The molecule has 1 aromatic carbocycles. The third-order valence-corrected chi connectivity index (χ3v) is 7.35. The van der Waals surface area contributed by atoms with Crippen molar-refractivity contribution in [2.45, 2.75) is 24.7 Å². The van der Waals surface area contributed by atoms with Crippen LogP contribution < -0.4 is 9.46 Å². The number of hydrogen-bond donors (Lipinski definition) is 1. The van der Waals surface area contributed by atoms with E-state index in [2.05, 4.69) is 4.72 Å². The molecule has 0 aromatic heterocycles. The van der Waals surface area contributed by atoms with Gasteiger partial charge in [0.05, 0.1) is 17.8 Å². The highest BCUT2D eigenvalue weighted by atomic mass is 32.2. The molecule has 1 saturated heterocycles. The highest BCUT2D eigenvalue weighted by Crippen LogP contribution is 2.18. The number of ether oxygens (including phenoxy) is 1. The molecule has 136 valence electrons. The number of nitrogens with one attached hydrogen (secondary N) is 1. The van der Waals surface area contributed by atoms with Crippen molar-refractivity contribution >= 4 is 20.0 Å². The van der Waals surface area contributed by atoms with Gasteiger partial charge in [0, 0.05) is 19.6 Å². The van der Waals surface area contributed by atoms with Crippen molar-refractivity contribution in [2.75, 3.05) is 32.5 Å². The van der Waals surface area contributed by atoms with E-state index < -0.39 is 20.0 Å². The van der Waals surface area contributed by atoms with Gasteiger partial charge in [-0.05, 0) is 43.0 Å². The zero-order chi connectivity index (χ0) is 17.8. The average Bonchev–Trinajstić information content (AvgIpc) is 2.54. The van der Waals surface area contributed by atoms with Crippen LogP contribution >= 0.6 is 0 Å². The van der Waals surface area contributed by atoms with E-state index in [1.807, 2.05) is 6.92 Å². The number of rotatable bonds is 7. The summed E-state index contributed by atoms with van der Waals surface area (Å²) in [6, 6.07) is 6.03. The summed E-state index contributed by atoms with van der Waals surface area (Å²) in [4.78, 5) is 0.147. The fourth-order valence-corrected chi connectivity index (χ4v) is 5.31. The van der Waals surface area contributed by atoms with E-state index in [1.54, 1.807) is 12.1 Å². The minimum atomic E-state index is -3.63. The zero-order valence-corrected chi connectivity index (χ0v) is 15.6. The number of methoxy groups -OCH3 is 1. The Morgan fingerprint density at radius 3 is 2.46 bits per heavy atom. The van der Waals surface area contributed by atoms with E-state index in [0.717, 1.165) is 12.8 Å². The molecule has 0 bridgehead atoms. The Bertz CT molecular complexity index is 745. The Morgan fingerprint density at radius 2 is 1.88 bits per heavy atom. The first-order valence-corrected chi connectivity index (χ1v) is 11.0. The smallest absolute Gasteiger partial charge is 0.279 e. The van der Waals surface area contributed by atoms with Crippen molar-refractivity contribution in [3.05, 3.63) is 24.3 Å². The van der Waals surface area contributed by atoms with Crippen LogP contribution in [-0.2, 0) is 20.0 Å². The van der Waals surface area contributed by atoms with Gasteiger partial charge < -0.3 is 4.74 Å². The topological polar surface area (TPSA) is 92.8 Å². The average molecular weight is 377 g/mol. The van der Waals surface area contributed by atoms with E-state index in [0.29, 0.717) is 24.8 Å². The fourth-order valence-electron chi connectivity index (χ4n) is 2.66. The van der Waals surface area contributed by atoms with E-state index >= 15 is 0 Å². The molecule has 24 heavy (non-hydrogen) atoms. The Labute approximate surface area is 144 Å². The number of hydrogen-bond acceptors (Lipinski definition) is 5. The lowest BCUT2D eigenvalue weighted by molar-refractivity contribution is 0.278. The van der Waals surface area contributed by atoms with Gasteiger partial charge in [0.1, 0.15) is 5.75 Å². The zero-order valence-electron chi connectivity index (χ0n) is 13.9. The number of piperidine rings is 1. The van der Waals surface area contributed by atoms with Crippen molar-refractivity contribution in [2.24, 2.45) is 5.92 Å². The van der Waals surface area contributed by atoms with Crippen molar-refractivity contribution in [1.82, 2.24) is 9.03 Å². The number of sulfone groups is 1. The van der Waals surface area contributed by atoms with Crippen molar-refractivity contribution < 1.29 is 21.6 Å². The van der Waals surface area contributed by atoms with E-state index in [1.165, 1.54) is 23.5 Å². The summed E-state index contributed by atoms with van der Waals surface area (Å²) in [5, 5.41) is 0. The van der Waals surface area contributed by atoms with Crippen LogP contribution in [0.5, 0.6) is 5.75 Å². The van der Waals surface area contributed by atoms with Gasteiger partial charge in [-0.2, -0.15) is 12.7 Å². The molecule has 1 atom stereocenters. The maximum atomic E-state index is 12.3. The van der Waals surface area contributed by atoms with Crippen LogP contribution in [-0.4, -0.2) is 53.6 Å². The normalized spacial score (nSPS) is 20.0. The van der Waals surface area contributed by atoms with Gasteiger partial charge in [-0.15, -0.1) is 0 Å². The first kappa shape index (κ1) is 19.2. The molecule has 0 amide bonds. The predicted molar refractivity (Wildman–Crippen MR) is 91.9 cm³/mol. The fraction of sp³-hybridized carbons (Fsp3) is 0.600. The van der Waals surface area contributed by atoms with Crippen molar-refractivity contribution in [3.8, 4) is 5.75 Å². The molecule has 7 nitrogen and oxygen atoms in total. The molecule has 1 aliphatic heterocycles. The van der Waals surface area contributed by atoms with Crippen molar-refractivity contribution in [1.29, 1.82) is 0 Å². The molecule has 1 unspecified atom stereocenters. The molecule has 1 heterocycles. The predicted octanol–water partition coefficient (Wildman–Crippen LogP) is 1.04. The summed E-state index contributed by atoms with van der Waals surface area (Å²) in [7, 11) is -5.68. The molecule has 0 spiro atoms. The first-order valence-electron chi connectivity index (χ1n) is 7.86. The van der Waals surface area contributed by atoms with Gasteiger partial charge in [0.25, 0.3) is 10.2 Å². The lowest BCUT2D eigenvalue weighted by Gasteiger charge is -2.29. The molecule has 9 heteroatoms. The van der Waals surface area contributed by atoms with E-state index in [-0.39, 0.29) is 17.2 Å². The highest BCUT2D eigenvalue weighted by molar-refractivity contribution is 7.91. The van der Waals surface area contributed by atoms with Crippen LogP contribution in [0.1, 0.15) is 19.8 Å². The van der Waals surface area contributed by atoms with E-state index in [9.17, 15) is 16.8 Å². The molecule has 0 saturated carbocycles. The van der Waals surface area contributed by atoms with Crippen LogP contribution in [0.3, 0.4) is 0 Å². The van der Waals surface area contributed by atoms with Crippen LogP contribution in [0.4, 0.5) is 0 Å². The maximum Gasteiger partial charge on any atom is 0.279 e. The van der Waals surface area contributed by atoms with Gasteiger partial charge in [-0.25, -0.2) is 13.1 Å². The maximum absolute atomic E-state index is 12.3. The van der Waals surface area contributed by atoms with Crippen molar-refractivity contribution in [3.63, 3.8) is 0 Å². The van der Waals surface area contributed by atoms with Crippen LogP contribution in [0.2, 0.25) is 0 Å². The molecular weight excluding hydrogens is 352 g/mol. The Kier molecular flexibility index (Phi) is 6.24. The largest absolute Gasteiger partial charge is 0.497 e. The molecule has 1 aliphatic rings. The summed E-state index contributed by atoms with van der Waals surface area (Å²) in [6.07, 6.45) is 1.84. The quantitative estimate of drug-likeness (QED) is 0.767. The molecule has 2 rings (SSSR count). The Morgan fingerprint density at radius 1 is 1.21 bits per heavy atom. The summed E-state index contributed by atoms with van der Waals surface area (Å²) in [6.45, 7) is 2.81. The second-order valence-electron chi connectivity index (χ2n) is 6.00. The SMILES string of the molecule is COc1ccc(S(=O)(=O)CCNS(=O)(=O)N2CCCC(C)C2)cc1. The first-order chi connectivity index (χ1) is 11.2. The lowest BCUT2D eigenvalue weighted by Crippen LogP contribution is -2.46. The molecular formula is C15H24N2O5S2. The third kappa shape index (κ3) is 4.92. The van der Waals surface area contributed by atoms with Gasteiger partial charge in [-0.1, -0.05) is 6.92 Å². The summed E-state index contributed by atoms with van der Waals surface area (Å²) < 4.78 is 57.8. The lowest BCUT2D eigenvalue weighted by atomic mass is 10.0. The number of benzene rings is 1. The summed E-state index contributed by atoms with van der Waals surface area (Å²) in [5.41, 5.74) is 0. The van der Waals surface area contributed by atoms with Crippen LogP contribution in [0.15, 0.2) is 29.2 Å². The van der Waals surface area contributed by atoms with Gasteiger partial charge in [-0.3, -0.25) is 0 Å². The van der Waals surface area contributed by atoms with Gasteiger partial charge in [0.15, 0.2) is 9.84 Å². The van der Waals surface area contributed by atoms with Crippen LogP contribution in [0, 0.1) is 5.92 Å². The molecule has 0 aliphatic carbocycles.